The first-order chi connectivity index (χ1) is 11.1. The third-order valence-electron chi connectivity index (χ3n) is 4.26. The molecule has 1 unspecified atom stereocenters. The van der Waals surface area contributed by atoms with Crippen molar-refractivity contribution < 1.29 is 19.4 Å². The van der Waals surface area contributed by atoms with Crippen LogP contribution in [0.5, 0.6) is 0 Å². The minimum atomic E-state index is -1.07. The summed E-state index contributed by atoms with van der Waals surface area (Å²) < 4.78 is 5.80. The van der Waals surface area contributed by atoms with Crippen molar-refractivity contribution in [3.05, 3.63) is 0 Å². The number of carboxylic acids is 1. The Labute approximate surface area is 153 Å². The highest BCUT2D eigenvalue weighted by Crippen LogP contribution is 2.30. The van der Waals surface area contributed by atoms with E-state index in [0.717, 1.165) is 12.8 Å². The molecule has 0 rings (SSSR count). The number of ether oxygens (including phenoxy) is 1. The van der Waals surface area contributed by atoms with Crippen LogP contribution in [-0.4, -0.2) is 35.2 Å². The number of hydrogen-bond acceptors (Lipinski definition) is 3. The summed E-state index contributed by atoms with van der Waals surface area (Å²) in [5.41, 5.74) is -0.906. The molecule has 2 N–H and O–H groups in total. The van der Waals surface area contributed by atoms with E-state index < -0.39 is 23.0 Å². The molecule has 0 saturated carbocycles. The van der Waals surface area contributed by atoms with Gasteiger partial charge in [0.15, 0.2) is 6.04 Å². The SMILES string of the molecule is CC(C)CC(C)(C)OCC(NC(=O)C(C)(C)CCC(C)(C)C)C(=O)O. The van der Waals surface area contributed by atoms with Gasteiger partial charge in [-0.1, -0.05) is 48.5 Å². The number of carbonyl (C=O) groups excluding carboxylic acids is 1. The summed E-state index contributed by atoms with van der Waals surface area (Å²) in [6.07, 6.45) is 2.42. The molecule has 0 bridgehead atoms. The fraction of sp³-hybridized carbons (Fsp3) is 0.900. The smallest absolute Gasteiger partial charge is 0.328 e. The van der Waals surface area contributed by atoms with E-state index >= 15 is 0 Å². The lowest BCUT2D eigenvalue weighted by molar-refractivity contribution is -0.147. The van der Waals surface area contributed by atoms with Crippen LogP contribution in [0.1, 0.15) is 81.6 Å². The summed E-state index contributed by atoms with van der Waals surface area (Å²) in [4.78, 5) is 24.1. The Balaban J connectivity index is 4.80. The van der Waals surface area contributed by atoms with Gasteiger partial charge in [0, 0.05) is 5.41 Å². The molecule has 25 heavy (non-hydrogen) atoms. The largest absolute Gasteiger partial charge is 0.480 e. The van der Waals surface area contributed by atoms with Gasteiger partial charge in [0.05, 0.1) is 12.2 Å². The predicted molar refractivity (Wildman–Crippen MR) is 102 cm³/mol. The Morgan fingerprint density at radius 3 is 1.92 bits per heavy atom. The van der Waals surface area contributed by atoms with Gasteiger partial charge >= 0.3 is 5.97 Å². The number of rotatable bonds is 10. The lowest BCUT2D eigenvalue weighted by atomic mass is 9.79. The quantitative estimate of drug-likeness (QED) is 0.613. The Morgan fingerprint density at radius 2 is 1.52 bits per heavy atom. The van der Waals surface area contributed by atoms with E-state index in [1.165, 1.54) is 0 Å². The molecule has 0 spiro atoms. The fourth-order valence-electron chi connectivity index (χ4n) is 2.68. The van der Waals surface area contributed by atoms with Crippen molar-refractivity contribution in [1.82, 2.24) is 5.32 Å². The second kappa shape index (κ2) is 9.02. The van der Waals surface area contributed by atoms with Gasteiger partial charge in [-0.3, -0.25) is 4.79 Å². The maximum atomic E-state index is 12.6. The van der Waals surface area contributed by atoms with Crippen LogP contribution in [0, 0.1) is 16.7 Å². The molecule has 0 aliphatic rings. The monoisotopic (exact) mass is 357 g/mol. The average Bonchev–Trinajstić information content (AvgIpc) is 2.38. The van der Waals surface area contributed by atoms with Gasteiger partial charge in [-0.2, -0.15) is 0 Å². The van der Waals surface area contributed by atoms with Gasteiger partial charge in [0.25, 0.3) is 0 Å². The fourth-order valence-corrected chi connectivity index (χ4v) is 2.68. The number of nitrogens with one attached hydrogen (secondary N) is 1. The van der Waals surface area contributed by atoms with E-state index in [4.69, 9.17) is 4.74 Å². The van der Waals surface area contributed by atoms with Crippen molar-refractivity contribution in [2.45, 2.75) is 93.2 Å². The Morgan fingerprint density at radius 1 is 1.00 bits per heavy atom. The summed E-state index contributed by atoms with van der Waals surface area (Å²) >= 11 is 0. The van der Waals surface area contributed by atoms with E-state index in [9.17, 15) is 14.7 Å². The Bertz CT molecular complexity index is 447. The molecular formula is C20H39NO4. The second-order valence-corrected chi connectivity index (χ2v) is 9.98. The Hall–Kier alpha value is -1.10. The first-order valence-electron chi connectivity index (χ1n) is 9.23. The van der Waals surface area contributed by atoms with E-state index in [2.05, 4.69) is 39.9 Å². The number of carbonyl (C=O) groups is 2. The number of carboxylic acid groups (broad SMARTS) is 1. The van der Waals surface area contributed by atoms with Gasteiger partial charge < -0.3 is 15.2 Å². The predicted octanol–water partition coefficient (Wildman–Crippen LogP) is 4.25. The van der Waals surface area contributed by atoms with Crippen molar-refractivity contribution >= 4 is 11.9 Å². The average molecular weight is 358 g/mol. The van der Waals surface area contributed by atoms with E-state index in [-0.39, 0.29) is 17.9 Å². The molecule has 148 valence electrons. The molecule has 0 heterocycles. The van der Waals surface area contributed by atoms with Crippen molar-refractivity contribution in [1.29, 1.82) is 0 Å². The molecule has 0 aromatic carbocycles. The van der Waals surface area contributed by atoms with Crippen molar-refractivity contribution in [2.75, 3.05) is 6.61 Å². The zero-order chi connectivity index (χ0) is 20.1. The van der Waals surface area contributed by atoms with Crippen LogP contribution in [0.4, 0.5) is 0 Å². The van der Waals surface area contributed by atoms with Crippen LogP contribution >= 0.6 is 0 Å². The number of hydrogen-bond donors (Lipinski definition) is 2. The van der Waals surface area contributed by atoms with Crippen LogP contribution in [0.15, 0.2) is 0 Å². The molecule has 5 heteroatoms. The highest BCUT2D eigenvalue weighted by Gasteiger charge is 2.33. The van der Waals surface area contributed by atoms with Gasteiger partial charge in [-0.05, 0) is 44.4 Å². The van der Waals surface area contributed by atoms with Crippen molar-refractivity contribution in [2.24, 2.45) is 16.7 Å². The highest BCUT2D eigenvalue weighted by molar-refractivity contribution is 5.87. The third kappa shape index (κ3) is 10.5. The summed E-state index contributed by atoms with van der Waals surface area (Å²) in [6.45, 7) is 18.2. The van der Waals surface area contributed by atoms with Crippen molar-refractivity contribution in [3.63, 3.8) is 0 Å². The molecule has 0 fully saturated rings. The van der Waals surface area contributed by atoms with Gasteiger partial charge in [-0.15, -0.1) is 0 Å². The van der Waals surface area contributed by atoms with E-state index in [1.54, 1.807) is 0 Å². The zero-order valence-electron chi connectivity index (χ0n) is 17.7. The molecule has 0 aromatic rings. The van der Waals surface area contributed by atoms with Gasteiger partial charge in [0.2, 0.25) is 5.91 Å². The minimum absolute atomic E-state index is 0.0316. The lowest BCUT2D eigenvalue weighted by Crippen LogP contribution is -2.50. The number of amides is 1. The molecule has 0 aromatic heterocycles. The van der Waals surface area contributed by atoms with Gasteiger partial charge in [-0.25, -0.2) is 4.79 Å². The van der Waals surface area contributed by atoms with Crippen LogP contribution in [0.25, 0.3) is 0 Å². The summed E-state index contributed by atoms with van der Waals surface area (Å²) in [6, 6.07) is -1.03. The molecule has 0 radical (unpaired) electrons. The lowest BCUT2D eigenvalue weighted by Gasteiger charge is -2.31. The highest BCUT2D eigenvalue weighted by atomic mass is 16.5. The standard InChI is InChI=1S/C20H39NO4/c1-14(2)12-20(8,9)25-13-15(16(22)23)21-17(24)19(6,7)11-10-18(3,4)5/h14-15H,10-13H2,1-9H3,(H,21,24)(H,22,23). The van der Waals surface area contributed by atoms with Crippen LogP contribution in [0.3, 0.4) is 0 Å². The zero-order valence-corrected chi connectivity index (χ0v) is 17.7. The first-order valence-corrected chi connectivity index (χ1v) is 9.23. The van der Waals surface area contributed by atoms with E-state index in [0.29, 0.717) is 12.3 Å². The summed E-state index contributed by atoms with van der Waals surface area (Å²) in [7, 11) is 0. The molecular weight excluding hydrogens is 318 g/mol. The molecule has 1 amide bonds. The molecule has 1 atom stereocenters. The van der Waals surface area contributed by atoms with Crippen LogP contribution in [0.2, 0.25) is 0 Å². The normalized spacial score (nSPS) is 14.5. The first kappa shape index (κ1) is 23.9. The number of aliphatic carboxylic acids is 1. The molecule has 5 nitrogen and oxygen atoms in total. The molecule has 0 aliphatic heterocycles. The van der Waals surface area contributed by atoms with Crippen molar-refractivity contribution in [3.8, 4) is 0 Å². The Kier molecular flexibility index (Phi) is 8.62. The van der Waals surface area contributed by atoms with Crippen LogP contribution < -0.4 is 5.32 Å². The van der Waals surface area contributed by atoms with E-state index in [1.807, 2.05) is 27.7 Å². The maximum absolute atomic E-state index is 12.6. The second-order valence-electron chi connectivity index (χ2n) is 9.98. The third-order valence-corrected chi connectivity index (χ3v) is 4.26. The minimum Gasteiger partial charge on any atom is -0.480 e. The topological polar surface area (TPSA) is 75.6 Å². The summed E-state index contributed by atoms with van der Waals surface area (Å²) in [5, 5.41) is 12.1. The van der Waals surface area contributed by atoms with Gasteiger partial charge in [0.1, 0.15) is 0 Å². The maximum Gasteiger partial charge on any atom is 0.328 e. The molecule has 0 saturated heterocycles. The van der Waals surface area contributed by atoms with Crippen LogP contribution in [-0.2, 0) is 14.3 Å². The summed E-state index contributed by atoms with van der Waals surface area (Å²) in [5.74, 6) is -0.862. The molecule has 0 aliphatic carbocycles.